The molecule has 1 aliphatic rings. The number of halogens is 1. The zero-order valence-corrected chi connectivity index (χ0v) is 16.6. The molecule has 0 saturated carbocycles. The number of nitrogens with zero attached hydrogens (tertiary/aromatic N) is 4. The molecule has 0 unspecified atom stereocenters. The van der Waals surface area contributed by atoms with Gasteiger partial charge in [-0.05, 0) is 36.1 Å². The lowest BCUT2D eigenvalue weighted by Crippen LogP contribution is -2.31. The zero-order valence-electron chi connectivity index (χ0n) is 15.8. The summed E-state index contributed by atoms with van der Waals surface area (Å²) in [5.74, 6) is 1.77. The van der Waals surface area contributed by atoms with Gasteiger partial charge in [0.15, 0.2) is 0 Å². The Morgan fingerprint density at radius 1 is 0.963 bits per heavy atom. The highest BCUT2D eigenvalue weighted by atomic mass is 35.5. The minimum atomic E-state index is 0. The Hall–Kier alpha value is -2.59. The smallest absolute Gasteiger partial charge is 0.231 e. The molecule has 140 valence electrons. The fourth-order valence-corrected chi connectivity index (χ4v) is 3.42. The Morgan fingerprint density at radius 3 is 2.41 bits per heavy atom. The lowest BCUT2D eigenvalue weighted by Gasteiger charge is -2.30. The first-order valence-corrected chi connectivity index (χ1v) is 9.23. The summed E-state index contributed by atoms with van der Waals surface area (Å²) in [6.07, 6.45) is 1.96. The maximum atomic E-state index is 4.89. The van der Waals surface area contributed by atoms with Crippen LogP contribution in [0.2, 0.25) is 0 Å². The van der Waals surface area contributed by atoms with Crippen molar-refractivity contribution in [2.24, 2.45) is 0 Å². The molecule has 0 radical (unpaired) electrons. The number of anilines is 3. The van der Waals surface area contributed by atoms with Crippen molar-refractivity contribution < 1.29 is 0 Å². The maximum absolute atomic E-state index is 4.89. The Morgan fingerprint density at radius 2 is 1.67 bits per heavy atom. The molecule has 0 N–H and O–H groups in total. The molecule has 0 saturated heterocycles. The van der Waals surface area contributed by atoms with Crippen LogP contribution in [0.4, 0.5) is 17.5 Å². The molecule has 0 atom stereocenters. The Balaban J connectivity index is 0.00000210. The Bertz CT molecular complexity index is 898. The minimum absolute atomic E-state index is 0. The first-order valence-electron chi connectivity index (χ1n) is 9.23. The number of aromatic nitrogens is 2. The van der Waals surface area contributed by atoms with E-state index in [0.29, 0.717) is 0 Å². The lowest BCUT2D eigenvalue weighted by atomic mass is 10.00. The van der Waals surface area contributed by atoms with Gasteiger partial charge >= 0.3 is 0 Å². The number of aryl methyl sites for hydroxylation is 1. The SMILES string of the molecule is CCc1cc(N2CCc3ccccc3C2)nc(N(C)c2ccccc2)n1.Cl. The van der Waals surface area contributed by atoms with Crippen LogP contribution in [-0.2, 0) is 19.4 Å². The fraction of sp³-hybridized carbons (Fsp3) is 0.273. The van der Waals surface area contributed by atoms with E-state index in [0.717, 1.165) is 49.1 Å². The summed E-state index contributed by atoms with van der Waals surface area (Å²) in [6.45, 7) is 4.04. The van der Waals surface area contributed by atoms with Gasteiger partial charge < -0.3 is 9.80 Å². The standard InChI is InChI=1S/C22H24N4.ClH/c1-3-19-15-21(26-14-13-17-9-7-8-10-18(17)16-26)24-22(23-19)25(2)20-11-5-4-6-12-20;/h4-12,15H,3,13-14,16H2,1-2H3;1H. The van der Waals surface area contributed by atoms with Gasteiger partial charge in [-0.15, -0.1) is 12.4 Å². The van der Waals surface area contributed by atoms with Crippen LogP contribution in [0.5, 0.6) is 0 Å². The third-order valence-corrected chi connectivity index (χ3v) is 5.01. The van der Waals surface area contributed by atoms with Gasteiger partial charge in [-0.2, -0.15) is 4.98 Å². The van der Waals surface area contributed by atoms with E-state index in [-0.39, 0.29) is 12.4 Å². The van der Waals surface area contributed by atoms with Crippen LogP contribution in [0.25, 0.3) is 0 Å². The van der Waals surface area contributed by atoms with Gasteiger partial charge in [0.05, 0.1) is 0 Å². The van der Waals surface area contributed by atoms with E-state index in [4.69, 9.17) is 9.97 Å². The molecule has 0 bridgehead atoms. The predicted molar refractivity (Wildman–Crippen MR) is 114 cm³/mol. The number of benzene rings is 2. The van der Waals surface area contributed by atoms with Gasteiger partial charge in [-0.3, -0.25) is 0 Å². The molecule has 5 heteroatoms. The predicted octanol–water partition coefficient (Wildman–Crippen LogP) is 4.79. The first-order chi connectivity index (χ1) is 12.7. The molecule has 0 aliphatic carbocycles. The van der Waals surface area contributed by atoms with Gasteiger partial charge in [-0.1, -0.05) is 49.4 Å². The summed E-state index contributed by atoms with van der Waals surface area (Å²) in [7, 11) is 2.03. The average molecular weight is 381 g/mol. The molecular formula is C22H25ClN4. The van der Waals surface area contributed by atoms with Crippen LogP contribution in [0.1, 0.15) is 23.7 Å². The zero-order chi connectivity index (χ0) is 17.9. The third kappa shape index (κ3) is 4.06. The highest BCUT2D eigenvalue weighted by Crippen LogP contribution is 2.27. The van der Waals surface area contributed by atoms with Gasteiger partial charge in [-0.25, -0.2) is 4.98 Å². The van der Waals surface area contributed by atoms with Crippen molar-refractivity contribution in [2.75, 3.05) is 23.4 Å². The highest BCUT2D eigenvalue weighted by Gasteiger charge is 2.19. The van der Waals surface area contributed by atoms with Crippen LogP contribution in [0.15, 0.2) is 60.7 Å². The number of rotatable bonds is 4. The summed E-state index contributed by atoms with van der Waals surface area (Å²) < 4.78 is 0. The Labute approximate surface area is 167 Å². The molecule has 0 fully saturated rings. The van der Waals surface area contributed by atoms with Crippen molar-refractivity contribution in [3.05, 3.63) is 77.5 Å². The second kappa shape index (κ2) is 8.40. The molecule has 2 aromatic carbocycles. The monoisotopic (exact) mass is 380 g/mol. The third-order valence-electron chi connectivity index (χ3n) is 5.01. The normalized spacial score (nSPS) is 12.9. The van der Waals surface area contributed by atoms with Gasteiger partial charge in [0, 0.05) is 37.6 Å². The summed E-state index contributed by atoms with van der Waals surface area (Å²) >= 11 is 0. The lowest BCUT2D eigenvalue weighted by molar-refractivity contribution is 0.717. The molecule has 4 rings (SSSR count). The molecule has 1 aromatic heterocycles. The van der Waals surface area contributed by atoms with Crippen LogP contribution in [0, 0.1) is 0 Å². The van der Waals surface area contributed by atoms with Crippen molar-refractivity contribution in [1.82, 2.24) is 9.97 Å². The summed E-state index contributed by atoms with van der Waals surface area (Å²) in [5, 5.41) is 0. The second-order valence-corrected chi connectivity index (χ2v) is 6.71. The largest absolute Gasteiger partial charge is 0.352 e. The van der Waals surface area contributed by atoms with Crippen LogP contribution >= 0.6 is 12.4 Å². The van der Waals surface area contributed by atoms with Crippen molar-refractivity contribution in [2.45, 2.75) is 26.3 Å². The second-order valence-electron chi connectivity index (χ2n) is 6.71. The van der Waals surface area contributed by atoms with Gasteiger partial charge in [0.25, 0.3) is 0 Å². The molecular weight excluding hydrogens is 356 g/mol. The van der Waals surface area contributed by atoms with Crippen molar-refractivity contribution in [3.8, 4) is 0 Å². The quantitative estimate of drug-likeness (QED) is 0.651. The van der Waals surface area contributed by atoms with Crippen molar-refractivity contribution in [1.29, 1.82) is 0 Å². The molecule has 1 aliphatic heterocycles. The number of hydrogen-bond donors (Lipinski definition) is 0. The molecule has 0 amide bonds. The number of para-hydroxylation sites is 1. The molecule has 3 aromatic rings. The van der Waals surface area contributed by atoms with Crippen molar-refractivity contribution >= 4 is 29.9 Å². The highest BCUT2D eigenvalue weighted by molar-refractivity contribution is 5.85. The maximum Gasteiger partial charge on any atom is 0.231 e. The average Bonchev–Trinajstić information content (AvgIpc) is 2.73. The minimum Gasteiger partial charge on any atom is -0.352 e. The summed E-state index contributed by atoms with van der Waals surface area (Å²) in [6, 6.07) is 21.1. The van der Waals surface area contributed by atoms with E-state index in [2.05, 4.69) is 59.2 Å². The van der Waals surface area contributed by atoms with E-state index in [1.165, 1.54) is 11.1 Å². The topological polar surface area (TPSA) is 32.3 Å². The molecule has 27 heavy (non-hydrogen) atoms. The first kappa shape index (κ1) is 19.2. The molecule has 2 heterocycles. The van der Waals surface area contributed by atoms with Crippen LogP contribution < -0.4 is 9.80 Å². The summed E-state index contributed by atoms with van der Waals surface area (Å²) in [4.78, 5) is 14.1. The van der Waals surface area contributed by atoms with E-state index >= 15 is 0 Å². The summed E-state index contributed by atoms with van der Waals surface area (Å²) in [5.41, 5.74) is 5.02. The fourth-order valence-electron chi connectivity index (χ4n) is 3.42. The van der Waals surface area contributed by atoms with Crippen LogP contribution in [0.3, 0.4) is 0 Å². The van der Waals surface area contributed by atoms with Crippen LogP contribution in [-0.4, -0.2) is 23.6 Å². The van der Waals surface area contributed by atoms with E-state index < -0.39 is 0 Å². The van der Waals surface area contributed by atoms with Gasteiger partial charge in [0.2, 0.25) is 5.95 Å². The molecule has 0 spiro atoms. The van der Waals surface area contributed by atoms with E-state index in [1.807, 2.05) is 25.2 Å². The van der Waals surface area contributed by atoms with Crippen molar-refractivity contribution in [3.63, 3.8) is 0 Å². The number of hydrogen-bond acceptors (Lipinski definition) is 4. The van der Waals surface area contributed by atoms with E-state index in [9.17, 15) is 0 Å². The van der Waals surface area contributed by atoms with E-state index in [1.54, 1.807) is 0 Å². The Kier molecular flexibility index (Phi) is 5.97. The number of fused-ring (bicyclic) bond motifs is 1. The van der Waals surface area contributed by atoms with Gasteiger partial charge in [0.1, 0.15) is 5.82 Å². The molecule has 4 nitrogen and oxygen atoms in total.